The molecular weight excluding hydrogens is 331 g/mol. The van der Waals surface area contributed by atoms with Crippen molar-refractivity contribution in [2.75, 3.05) is 0 Å². The molecular formula is C14H9ClI+. The lowest BCUT2D eigenvalue weighted by molar-refractivity contribution is -0.535. The molecule has 0 saturated heterocycles. The van der Waals surface area contributed by atoms with Crippen molar-refractivity contribution < 1.29 is 21.2 Å². The van der Waals surface area contributed by atoms with E-state index < -0.39 is 0 Å². The van der Waals surface area contributed by atoms with Crippen molar-refractivity contribution in [2.45, 2.75) is 0 Å². The van der Waals surface area contributed by atoms with E-state index in [0.717, 1.165) is 10.6 Å². The second-order valence-corrected chi connectivity index (χ2v) is 5.88. The highest BCUT2D eigenvalue weighted by atomic mass is 127. The fraction of sp³-hybridized carbons (Fsp3) is 0. The molecule has 0 spiro atoms. The second-order valence-electron chi connectivity index (χ2n) is 3.12. The van der Waals surface area contributed by atoms with E-state index in [1.165, 1.54) is 3.57 Å². The number of hydrogen-bond acceptors (Lipinski definition) is 0. The topological polar surface area (TPSA) is 0 Å². The van der Waals surface area contributed by atoms with Gasteiger partial charge in [0.15, 0.2) is 3.93 Å². The molecule has 0 aliphatic heterocycles. The molecule has 0 aromatic heterocycles. The van der Waals surface area contributed by atoms with Crippen LogP contribution in [0.2, 0.25) is 5.02 Å². The molecule has 0 aliphatic rings. The summed E-state index contributed by atoms with van der Waals surface area (Å²) in [5, 5.41) is 0.753. The monoisotopic (exact) mass is 339 g/mol. The van der Waals surface area contributed by atoms with Gasteiger partial charge in [-0.05, 0) is 42.3 Å². The first-order valence-corrected chi connectivity index (χ1v) is 7.33. The third-order valence-corrected chi connectivity index (χ3v) is 4.06. The quantitative estimate of drug-likeness (QED) is 0.527. The van der Waals surface area contributed by atoms with Gasteiger partial charge in [-0.2, -0.15) is 0 Å². The number of halogens is 2. The summed E-state index contributed by atoms with van der Waals surface area (Å²) in [6, 6.07) is 18.0. The highest BCUT2D eigenvalue weighted by Gasteiger charge is 2.05. The lowest BCUT2D eigenvalue weighted by atomic mass is 10.2. The first kappa shape index (κ1) is 11.5. The van der Waals surface area contributed by atoms with E-state index in [2.05, 4.69) is 34.1 Å². The van der Waals surface area contributed by atoms with Gasteiger partial charge in [0.25, 0.3) is 0 Å². The van der Waals surface area contributed by atoms with Crippen LogP contribution in [0.1, 0.15) is 5.56 Å². The molecule has 2 aromatic carbocycles. The average molecular weight is 340 g/mol. The van der Waals surface area contributed by atoms with E-state index in [1.807, 2.05) is 30.3 Å². The lowest BCUT2D eigenvalue weighted by Crippen LogP contribution is -3.59. The van der Waals surface area contributed by atoms with Crippen LogP contribution in [-0.4, -0.2) is 0 Å². The summed E-state index contributed by atoms with van der Waals surface area (Å²) in [5.41, 5.74) is 1.03. The van der Waals surface area contributed by atoms with Crippen LogP contribution >= 0.6 is 11.6 Å². The smallest absolute Gasteiger partial charge is 0.0843 e. The van der Waals surface area contributed by atoms with Gasteiger partial charge in [0, 0.05) is 10.6 Å². The molecule has 0 amide bonds. The zero-order valence-corrected chi connectivity index (χ0v) is 11.4. The zero-order chi connectivity index (χ0) is 11.2. The van der Waals surface area contributed by atoms with Crippen LogP contribution in [0.5, 0.6) is 0 Å². The fourth-order valence-electron chi connectivity index (χ4n) is 1.14. The SMILES string of the molecule is Clc1ccc(C#C[I+]c2ccccc2)cc1. The van der Waals surface area contributed by atoms with Crippen molar-refractivity contribution in [3.8, 4) is 9.85 Å². The minimum absolute atomic E-state index is 0.201. The summed E-state index contributed by atoms with van der Waals surface area (Å²) in [6.07, 6.45) is 0. The predicted molar refractivity (Wildman–Crippen MR) is 63.5 cm³/mol. The van der Waals surface area contributed by atoms with Crippen LogP contribution in [0.4, 0.5) is 0 Å². The van der Waals surface area contributed by atoms with Gasteiger partial charge in [-0.1, -0.05) is 29.8 Å². The Hall–Kier alpha value is -0.980. The van der Waals surface area contributed by atoms with Gasteiger partial charge >= 0.3 is 21.2 Å². The normalized spacial score (nSPS) is 9.31. The predicted octanol–water partition coefficient (Wildman–Crippen LogP) is 0.608. The zero-order valence-electron chi connectivity index (χ0n) is 8.45. The molecule has 16 heavy (non-hydrogen) atoms. The largest absolute Gasteiger partial charge is 0.420 e. The number of hydrogen-bond donors (Lipinski definition) is 0. The van der Waals surface area contributed by atoms with Gasteiger partial charge in [0.1, 0.15) is 0 Å². The van der Waals surface area contributed by atoms with Crippen LogP contribution in [0.25, 0.3) is 0 Å². The van der Waals surface area contributed by atoms with E-state index >= 15 is 0 Å². The van der Waals surface area contributed by atoms with Crippen LogP contribution in [0, 0.1) is 13.4 Å². The summed E-state index contributed by atoms with van der Waals surface area (Å²) < 4.78 is 4.60. The summed E-state index contributed by atoms with van der Waals surface area (Å²) >= 11 is 5.60. The van der Waals surface area contributed by atoms with Gasteiger partial charge in [0.05, 0.1) is 0 Å². The first-order valence-electron chi connectivity index (χ1n) is 4.80. The first-order chi connectivity index (χ1) is 7.84. The molecule has 2 heteroatoms. The molecule has 2 aromatic rings. The second kappa shape index (κ2) is 5.93. The molecule has 0 aliphatic carbocycles. The summed E-state index contributed by atoms with van der Waals surface area (Å²) in [4.78, 5) is 0. The Bertz CT molecular complexity index is 506. The van der Waals surface area contributed by atoms with Crippen LogP contribution < -0.4 is 21.2 Å². The van der Waals surface area contributed by atoms with Crippen molar-refractivity contribution in [3.05, 3.63) is 68.8 Å². The molecule has 78 valence electrons. The van der Waals surface area contributed by atoms with Crippen LogP contribution in [0.3, 0.4) is 0 Å². The molecule has 0 bridgehead atoms. The lowest BCUT2D eigenvalue weighted by Gasteiger charge is -1.87. The molecule has 0 nitrogen and oxygen atoms in total. The molecule has 2 rings (SSSR count). The molecule has 0 fully saturated rings. The molecule has 0 heterocycles. The molecule has 0 N–H and O–H groups in total. The average Bonchev–Trinajstić information content (AvgIpc) is 2.33. The maximum absolute atomic E-state index is 5.80. The number of benzene rings is 2. The highest BCUT2D eigenvalue weighted by molar-refractivity contribution is 6.30. The Balaban J connectivity index is 2.03. The van der Waals surface area contributed by atoms with Crippen molar-refractivity contribution in [2.24, 2.45) is 0 Å². The van der Waals surface area contributed by atoms with Crippen molar-refractivity contribution in [3.63, 3.8) is 0 Å². The fourth-order valence-corrected chi connectivity index (χ4v) is 2.80. The van der Waals surface area contributed by atoms with Crippen molar-refractivity contribution in [1.82, 2.24) is 0 Å². The molecule has 0 radical (unpaired) electrons. The molecule has 0 saturated carbocycles. The Morgan fingerprint density at radius 1 is 0.875 bits per heavy atom. The van der Waals surface area contributed by atoms with Crippen LogP contribution in [0.15, 0.2) is 54.6 Å². The van der Waals surface area contributed by atoms with Crippen molar-refractivity contribution in [1.29, 1.82) is 0 Å². The summed E-state index contributed by atoms with van der Waals surface area (Å²) in [6.45, 7) is 0. The van der Waals surface area contributed by atoms with E-state index in [9.17, 15) is 0 Å². The van der Waals surface area contributed by atoms with E-state index in [4.69, 9.17) is 11.6 Å². The molecule has 0 atom stereocenters. The minimum Gasteiger partial charge on any atom is -0.0843 e. The Morgan fingerprint density at radius 2 is 1.56 bits per heavy atom. The van der Waals surface area contributed by atoms with Gasteiger partial charge in [-0.25, -0.2) is 0 Å². The summed E-state index contributed by atoms with van der Waals surface area (Å²) in [7, 11) is 0. The van der Waals surface area contributed by atoms with Gasteiger partial charge in [0.2, 0.25) is 3.57 Å². The Labute approximate surface area is 111 Å². The maximum Gasteiger partial charge on any atom is 0.420 e. The minimum atomic E-state index is -0.201. The summed E-state index contributed by atoms with van der Waals surface area (Å²) in [5.74, 6) is 3.16. The van der Waals surface area contributed by atoms with E-state index in [0.29, 0.717) is 0 Å². The number of rotatable bonds is 1. The maximum atomic E-state index is 5.80. The Morgan fingerprint density at radius 3 is 2.25 bits per heavy atom. The third-order valence-electron chi connectivity index (χ3n) is 1.93. The third kappa shape index (κ3) is 3.55. The highest BCUT2D eigenvalue weighted by Crippen LogP contribution is 2.07. The standard InChI is InChI=1S/C14H9ClI/c15-13-8-6-12(7-9-13)10-11-16-14-4-2-1-3-5-14/h1-9H/q+1. The van der Waals surface area contributed by atoms with Gasteiger partial charge < -0.3 is 0 Å². The van der Waals surface area contributed by atoms with Gasteiger partial charge in [-0.15, -0.1) is 0 Å². The van der Waals surface area contributed by atoms with Gasteiger partial charge in [-0.3, -0.25) is 0 Å². The Kier molecular flexibility index (Phi) is 4.26. The van der Waals surface area contributed by atoms with Crippen LogP contribution in [-0.2, 0) is 0 Å². The molecule has 0 unspecified atom stereocenters. The van der Waals surface area contributed by atoms with E-state index in [-0.39, 0.29) is 21.2 Å². The van der Waals surface area contributed by atoms with E-state index in [1.54, 1.807) is 0 Å². The van der Waals surface area contributed by atoms with Crippen molar-refractivity contribution >= 4 is 11.6 Å².